The van der Waals surface area contributed by atoms with Crippen molar-refractivity contribution in [1.29, 1.82) is 0 Å². The highest BCUT2D eigenvalue weighted by Gasteiger charge is 2.30. The average Bonchev–Trinajstić information content (AvgIpc) is 2.48. The van der Waals surface area contributed by atoms with Crippen LogP contribution >= 0.6 is 0 Å². The van der Waals surface area contributed by atoms with Crippen LogP contribution in [0.15, 0.2) is 0 Å². The van der Waals surface area contributed by atoms with E-state index in [0.29, 0.717) is 25.7 Å². The van der Waals surface area contributed by atoms with Gasteiger partial charge in [0.15, 0.2) is 0 Å². The number of aliphatic hydroxyl groups excluding tert-OH is 4. The van der Waals surface area contributed by atoms with Crippen molar-refractivity contribution in [3.8, 4) is 0 Å². The Morgan fingerprint density at radius 3 is 2.29 bits per heavy atom. The molecule has 0 fully saturated rings. The molecule has 9 nitrogen and oxygen atoms in total. The molecule has 0 saturated heterocycles. The van der Waals surface area contributed by atoms with Gasteiger partial charge >= 0.3 is 5.97 Å². The highest BCUT2D eigenvalue weighted by molar-refractivity contribution is 5.72. The molecular formula is C12H24N2O7. The molecule has 21 heavy (non-hydrogen) atoms. The minimum absolute atomic E-state index is 0.289. The average molecular weight is 308 g/mol. The molecule has 0 aromatic rings. The second-order valence-corrected chi connectivity index (χ2v) is 4.79. The molecule has 0 aliphatic rings. The number of carbonyl (C=O) groups is 2. The van der Waals surface area contributed by atoms with Crippen LogP contribution < -0.4 is 11.1 Å². The van der Waals surface area contributed by atoms with E-state index in [1.165, 1.54) is 0 Å². The number of hydrogen-bond acceptors (Lipinski definition) is 8. The Morgan fingerprint density at radius 2 is 1.81 bits per heavy atom. The van der Waals surface area contributed by atoms with Gasteiger partial charge in [-0.15, -0.1) is 0 Å². The van der Waals surface area contributed by atoms with Gasteiger partial charge in [-0.1, -0.05) is 6.42 Å². The van der Waals surface area contributed by atoms with E-state index in [9.17, 15) is 24.9 Å². The van der Waals surface area contributed by atoms with Gasteiger partial charge in [-0.3, -0.25) is 4.79 Å². The van der Waals surface area contributed by atoms with Gasteiger partial charge in [-0.25, -0.2) is 0 Å². The first kappa shape index (κ1) is 19.9. The van der Waals surface area contributed by atoms with Crippen molar-refractivity contribution in [2.24, 2.45) is 5.73 Å². The fourth-order valence-corrected chi connectivity index (χ4v) is 1.68. The molecule has 0 aliphatic carbocycles. The zero-order valence-corrected chi connectivity index (χ0v) is 11.6. The van der Waals surface area contributed by atoms with Gasteiger partial charge in [-0.2, -0.15) is 0 Å². The van der Waals surface area contributed by atoms with Crippen LogP contribution in [0.25, 0.3) is 0 Å². The number of carboxylic acids is 1. The number of nitrogens with one attached hydrogen (secondary N) is 1. The maximum Gasteiger partial charge on any atom is 0.320 e. The van der Waals surface area contributed by atoms with E-state index >= 15 is 0 Å². The number of aliphatic hydroxyl groups is 4. The molecule has 0 heterocycles. The molecule has 0 unspecified atom stereocenters. The Bertz CT molecular complexity index is 316. The molecule has 0 radical (unpaired) electrons. The van der Waals surface area contributed by atoms with Gasteiger partial charge in [0.1, 0.15) is 30.6 Å². The first-order valence-electron chi connectivity index (χ1n) is 6.67. The Morgan fingerprint density at radius 1 is 1.19 bits per heavy atom. The Kier molecular flexibility index (Phi) is 10.0. The van der Waals surface area contributed by atoms with Crippen molar-refractivity contribution >= 4 is 12.3 Å². The van der Waals surface area contributed by atoms with Crippen LogP contribution in [-0.4, -0.2) is 81.3 Å². The molecule has 0 aromatic carbocycles. The number of carboxylic acid groups (broad SMARTS) is 1. The summed E-state index contributed by atoms with van der Waals surface area (Å²) < 4.78 is 0. The summed E-state index contributed by atoms with van der Waals surface area (Å²) in [6.45, 7) is -0.439. The van der Waals surface area contributed by atoms with Crippen LogP contribution in [-0.2, 0) is 9.59 Å². The van der Waals surface area contributed by atoms with Crippen LogP contribution in [0.2, 0.25) is 0 Å². The normalized spacial score (nSPS) is 18.5. The number of hydrogen-bond donors (Lipinski definition) is 7. The van der Waals surface area contributed by atoms with Crippen molar-refractivity contribution in [1.82, 2.24) is 5.32 Å². The van der Waals surface area contributed by atoms with Crippen LogP contribution in [0.4, 0.5) is 0 Å². The third-order valence-electron chi connectivity index (χ3n) is 3.08. The number of rotatable bonds is 12. The SMILES string of the molecule is N[C@@H](CCCCN[C@@H](C=O)[C@@H](O)[C@H](O)[C@H](O)CO)C(=O)O. The third-order valence-corrected chi connectivity index (χ3v) is 3.08. The van der Waals surface area contributed by atoms with Crippen molar-refractivity contribution < 1.29 is 35.1 Å². The third kappa shape index (κ3) is 7.46. The van der Waals surface area contributed by atoms with Gasteiger partial charge < -0.3 is 41.4 Å². The lowest BCUT2D eigenvalue weighted by Gasteiger charge is -2.26. The molecule has 0 rings (SSSR count). The number of unbranched alkanes of at least 4 members (excludes halogenated alkanes) is 1. The van der Waals surface area contributed by atoms with E-state index < -0.39 is 43.0 Å². The molecule has 0 bridgehead atoms. The highest BCUT2D eigenvalue weighted by atomic mass is 16.4. The summed E-state index contributed by atoms with van der Waals surface area (Å²) in [6.07, 6.45) is -3.04. The van der Waals surface area contributed by atoms with Crippen molar-refractivity contribution in [3.63, 3.8) is 0 Å². The Labute approximate surface area is 122 Å². The van der Waals surface area contributed by atoms with Crippen LogP contribution in [0.5, 0.6) is 0 Å². The molecule has 5 atom stereocenters. The van der Waals surface area contributed by atoms with Crippen molar-refractivity contribution in [2.75, 3.05) is 13.2 Å². The summed E-state index contributed by atoms with van der Waals surface area (Å²) in [5.74, 6) is -1.08. The molecule has 0 saturated carbocycles. The molecular weight excluding hydrogens is 284 g/mol. The molecule has 0 amide bonds. The zero-order valence-electron chi connectivity index (χ0n) is 11.6. The summed E-state index contributed by atoms with van der Waals surface area (Å²) >= 11 is 0. The lowest BCUT2D eigenvalue weighted by Crippen LogP contribution is -2.52. The van der Waals surface area contributed by atoms with Gasteiger partial charge in [0.25, 0.3) is 0 Å². The standard InChI is InChI=1S/C12H24N2O7/c13-7(12(20)21)3-1-2-4-14-8(5-15)10(18)11(19)9(17)6-16/h5,7-11,14,16-19H,1-4,6,13H2,(H,20,21)/t7-,8-,9+,10+,11+/m0/s1. The summed E-state index contributed by atoms with van der Waals surface area (Å²) in [5, 5.41) is 48.3. The van der Waals surface area contributed by atoms with Crippen molar-refractivity contribution in [2.45, 2.75) is 49.7 Å². The van der Waals surface area contributed by atoms with E-state index in [1.807, 2.05) is 0 Å². The monoisotopic (exact) mass is 308 g/mol. The topological polar surface area (TPSA) is 173 Å². The molecule has 0 aromatic heterocycles. The second kappa shape index (κ2) is 10.6. The van der Waals surface area contributed by atoms with Crippen LogP contribution in [0, 0.1) is 0 Å². The minimum atomic E-state index is -1.65. The summed E-state index contributed by atoms with van der Waals surface area (Å²) in [5.41, 5.74) is 5.32. The lowest BCUT2D eigenvalue weighted by molar-refractivity contribution is -0.138. The minimum Gasteiger partial charge on any atom is -0.480 e. The summed E-state index contributed by atoms with van der Waals surface area (Å²) in [7, 11) is 0. The van der Waals surface area contributed by atoms with E-state index in [4.69, 9.17) is 15.9 Å². The smallest absolute Gasteiger partial charge is 0.320 e. The predicted molar refractivity (Wildman–Crippen MR) is 72.4 cm³/mol. The highest BCUT2D eigenvalue weighted by Crippen LogP contribution is 2.05. The maximum absolute atomic E-state index is 10.8. The predicted octanol–water partition coefficient (Wildman–Crippen LogP) is -3.20. The van der Waals surface area contributed by atoms with Gasteiger partial charge in [0.2, 0.25) is 0 Å². The molecule has 124 valence electrons. The maximum atomic E-state index is 10.8. The fraction of sp³-hybridized carbons (Fsp3) is 0.833. The quantitative estimate of drug-likeness (QED) is 0.145. The fourth-order valence-electron chi connectivity index (χ4n) is 1.68. The van der Waals surface area contributed by atoms with E-state index in [0.717, 1.165) is 0 Å². The lowest BCUT2D eigenvalue weighted by atomic mass is 10.0. The molecule has 0 spiro atoms. The Hall–Kier alpha value is -1.10. The molecule has 9 heteroatoms. The summed E-state index contributed by atoms with van der Waals surface area (Å²) in [6, 6.07) is -2.03. The van der Waals surface area contributed by atoms with Crippen molar-refractivity contribution in [3.05, 3.63) is 0 Å². The molecule has 0 aliphatic heterocycles. The van der Waals surface area contributed by atoms with Gasteiger partial charge in [0, 0.05) is 0 Å². The van der Waals surface area contributed by atoms with Gasteiger partial charge in [0.05, 0.1) is 12.6 Å². The number of aliphatic carboxylic acids is 1. The van der Waals surface area contributed by atoms with E-state index in [-0.39, 0.29) is 6.42 Å². The van der Waals surface area contributed by atoms with Crippen LogP contribution in [0.3, 0.4) is 0 Å². The van der Waals surface area contributed by atoms with E-state index in [2.05, 4.69) is 5.32 Å². The largest absolute Gasteiger partial charge is 0.480 e. The first-order chi connectivity index (χ1) is 9.84. The van der Waals surface area contributed by atoms with E-state index in [1.54, 1.807) is 0 Å². The number of nitrogens with two attached hydrogens (primary N) is 1. The summed E-state index contributed by atoms with van der Waals surface area (Å²) in [4.78, 5) is 21.3. The number of aldehydes is 1. The second-order valence-electron chi connectivity index (χ2n) is 4.79. The zero-order chi connectivity index (χ0) is 16.4. The Balaban J connectivity index is 4.05. The first-order valence-corrected chi connectivity index (χ1v) is 6.67. The number of carbonyl (C=O) groups excluding carboxylic acids is 1. The van der Waals surface area contributed by atoms with Crippen LogP contribution in [0.1, 0.15) is 19.3 Å². The molecule has 8 N–H and O–H groups in total. The van der Waals surface area contributed by atoms with Gasteiger partial charge in [-0.05, 0) is 19.4 Å².